The van der Waals surface area contributed by atoms with Gasteiger partial charge in [0, 0.05) is 30.8 Å². The number of hydrogen-bond donors (Lipinski definition) is 1. The zero-order valence-corrected chi connectivity index (χ0v) is 15.3. The maximum Gasteiger partial charge on any atom is 0.271 e. The highest BCUT2D eigenvalue weighted by Gasteiger charge is 2.37. The molecule has 1 fully saturated rings. The summed E-state index contributed by atoms with van der Waals surface area (Å²) in [6.45, 7) is 1.06. The van der Waals surface area contributed by atoms with Gasteiger partial charge in [0.1, 0.15) is 0 Å². The molecule has 0 unspecified atom stereocenters. The van der Waals surface area contributed by atoms with Gasteiger partial charge in [-0.15, -0.1) is 0 Å². The van der Waals surface area contributed by atoms with Gasteiger partial charge in [-0.2, -0.15) is 0 Å². The number of nitrogens with one attached hydrogen (secondary N) is 1. The molecule has 148 valence electrons. The molecular weight excluding hydrogens is 378 g/mol. The number of non-ortho nitro benzene ring substituents is 1. The van der Waals surface area contributed by atoms with E-state index >= 15 is 0 Å². The Kier molecular flexibility index (Phi) is 4.81. The second-order valence-electron chi connectivity index (χ2n) is 6.83. The van der Waals surface area contributed by atoms with Crippen molar-refractivity contribution in [2.24, 2.45) is 0 Å². The first-order chi connectivity index (χ1) is 14.0. The Hall–Kier alpha value is -3.59. The van der Waals surface area contributed by atoms with Gasteiger partial charge in [-0.3, -0.25) is 24.5 Å². The van der Waals surface area contributed by atoms with Gasteiger partial charge in [0.2, 0.25) is 0 Å². The Bertz CT molecular complexity index is 1030. The molecule has 2 aliphatic rings. The summed E-state index contributed by atoms with van der Waals surface area (Å²) in [6.07, 6.45) is 1.83. The summed E-state index contributed by atoms with van der Waals surface area (Å²) in [5.41, 5.74) is 0.371. The maximum atomic E-state index is 12.8. The van der Waals surface area contributed by atoms with Crippen molar-refractivity contribution in [3.05, 3.63) is 69.3 Å². The fourth-order valence-corrected chi connectivity index (χ4v) is 3.48. The van der Waals surface area contributed by atoms with Crippen molar-refractivity contribution in [3.63, 3.8) is 0 Å². The van der Waals surface area contributed by atoms with E-state index in [0.29, 0.717) is 13.2 Å². The Morgan fingerprint density at radius 1 is 1.17 bits per heavy atom. The summed E-state index contributed by atoms with van der Waals surface area (Å²) < 4.78 is 5.47. The molecule has 0 saturated carbocycles. The van der Waals surface area contributed by atoms with Crippen molar-refractivity contribution in [2.75, 3.05) is 18.1 Å². The van der Waals surface area contributed by atoms with E-state index in [0.717, 1.165) is 23.8 Å². The average molecular weight is 395 g/mol. The Morgan fingerprint density at radius 3 is 2.69 bits per heavy atom. The second kappa shape index (κ2) is 7.44. The van der Waals surface area contributed by atoms with Crippen LogP contribution in [0.2, 0.25) is 0 Å². The van der Waals surface area contributed by atoms with E-state index in [1.54, 1.807) is 0 Å². The van der Waals surface area contributed by atoms with E-state index in [2.05, 4.69) is 5.32 Å². The molecular formula is C20H17N3O6. The molecule has 2 heterocycles. The molecule has 2 aromatic rings. The molecule has 29 heavy (non-hydrogen) atoms. The van der Waals surface area contributed by atoms with Gasteiger partial charge >= 0.3 is 0 Å². The van der Waals surface area contributed by atoms with Crippen molar-refractivity contribution >= 4 is 29.1 Å². The van der Waals surface area contributed by atoms with Crippen LogP contribution in [0.15, 0.2) is 42.5 Å². The van der Waals surface area contributed by atoms with Crippen LogP contribution in [-0.4, -0.2) is 41.9 Å². The minimum atomic E-state index is -0.626. The van der Waals surface area contributed by atoms with Gasteiger partial charge in [-0.1, -0.05) is 6.07 Å². The first-order valence-corrected chi connectivity index (χ1v) is 9.13. The number of anilines is 1. The lowest BCUT2D eigenvalue weighted by atomic mass is 10.1. The van der Waals surface area contributed by atoms with E-state index < -0.39 is 16.7 Å². The minimum absolute atomic E-state index is 0.0130. The van der Waals surface area contributed by atoms with Crippen LogP contribution in [0.5, 0.6) is 0 Å². The lowest BCUT2D eigenvalue weighted by Gasteiger charge is -2.13. The largest absolute Gasteiger partial charge is 0.376 e. The van der Waals surface area contributed by atoms with Gasteiger partial charge in [-0.25, -0.2) is 4.90 Å². The van der Waals surface area contributed by atoms with E-state index in [4.69, 9.17) is 4.74 Å². The van der Waals surface area contributed by atoms with Crippen molar-refractivity contribution < 1.29 is 24.0 Å². The van der Waals surface area contributed by atoms with Gasteiger partial charge in [-0.05, 0) is 37.1 Å². The lowest BCUT2D eigenvalue weighted by molar-refractivity contribution is -0.384. The van der Waals surface area contributed by atoms with Gasteiger partial charge in [0.05, 0.1) is 27.8 Å². The maximum absolute atomic E-state index is 12.8. The third-order valence-electron chi connectivity index (χ3n) is 4.96. The summed E-state index contributed by atoms with van der Waals surface area (Å²) in [7, 11) is 0. The molecule has 4 rings (SSSR count). The highest BCUT2D eigenvalue weighted by Crippen LogP contribution is 2.31. The van der Waals surface area contributed by atoms with E-state index in [9.17, 15) is 24.5 Å². The Balaban J connectivity index is 1.57. The number of nitro groups is 1. The molecule has 0 aromatic heterocycles. The van der Waals surface area contributed by atoms with Crippen LogP contribution in [0.1, 0.15) is 43.9 Å². The molecule has 2 aliphatic heterocycles. The monoisotopic (exact) mass is 395 g/mol. The number of nitrogens with zero attached hydrogens (tertiary/aromatic N) is 2. The van der Waals surface area contributed by atoms with Crippen LogP contribution in [0, 0.1) is 10.1 Å². The first kappa shape index (κ1) is 18.8. The zero-order valence-electron chi connectivity index (χ0n) is 15.3. The number of nitro benzene ring substituents is 1. The average Bonchev–Trinajstić information content (AvgIpc) is 3.33. The third kappa shape index (κ3) is 3.47. The molecule has 1 saturated heterocycles. The first-order valence-electron chi connectivity index (χ1n) is 9.13. The molecule has 0 aliphatic carbocycles. The zero-order chi connectivity index (χ0) is 20.5. The highest BCUT2D eigenvalue weighted by atomic mass is 16.6. The number of fused-ring (bicyclic) bond motifs is 1. The summed E-state index contributed by atoms with van der Waals surface area (Å²) in [5, 5.41) is 13.8. The van der Waals surface area contributed by atoms with E-state index in [-0.39, 0.29) is 40.1 Å². The molecule has 0 radical (unpaired) electrons. The lowest BCUT2D eigenvalue weighted by Crippen LogP contribution is -2.31. The number of benzene rings is 2. The molecule has 1 N–H and O–H groups in total. The van der Waals surface area contributed by atoms with Crippen LogP contribution in [0.4, 0.5) is 11.4 Å². The smallest absolute Gasteiger partial charge is 0.271 e. The SMILES string of the molecule is O=C(NC[C@H]1CCCO1)c1ccc2c(c1)C(=O)N(c1cccc([N+](=O)[O-])c1)C2=O. The fourth-order valence-electron chi connectivity index (χ4n) is 3.48. The summed E-state index contributed by atoms with van der Waals surface area (Å²) >= 11 is 0. The Morgan fingerprint density at radius 2 is 1.97 bits per heavy atom. The van der Waals surface area contributed by atoms with Crippen molar-refractivity contribution in [1.82, 2.24) is 5.32 Å². The molecule has 0 bridgehead atoms. The molecule has 9 heteroatoms. The number of rotatable bonds is 5. The van der Waals surface area contributed by atoms with Crippen molar-refractivity contribution in [1.29, 1.82) is 0 Å². The topological polar surface area (TPSA) is 119 Å². The third-order valence-corrected chi connectivity index (χ3v) is 4.96. The molecule has 3 amide bonds. The van der Waals surface area contributed by atoms with Crippen molar-refractivity contribution in [3.8, 4) is 0 Å². The summed E-state index contributed by atoms with van der Waals surface area (Å²) in [6, 6.07) is 9.57. The van der Waals surface area contributed by atoms with Gasteiger partial charge < -0.3 is 10.1 Å². The predicted octanol–water partition coefficient (Wildman–Crippen LogP) is 2.30. The number of carbonyl (C=O) groups is 3. The standard InChI is InChI=1S/C20H17N3O6/c24-18(21-11-15-5-2-8-29-15)12-6-7-16-17(9-12)20(26)22(19(16)25)13-3-1-4-14(10-13)23(27)28/h1,3-4,6-7,9-10,15H,2,5,8,11H2,(H,21,24)/t15-/m1/s1. The number of carbonyl (C=O) groups excluding carboxylic acids is 3. The molecule has 0 spiro atoms. The highest BCUT2D eigenvalue weighted by molar-refractivity contribution is 6.34. The summed E-state index contributed by atoms with van der Waals surface area (Å²) in [4.78, 5) is 49.2. The molecule has 2 aromatic carbocycles. The fraction of sp³-hybridized carbons (Fsp3) is 0.250. The predicted molar refractivity (Wildman–Crippen MR) is 102 cm³/mol. The van der Waals surface area contributed by atoms with Crippen LogP contribution < -0.4 is 10.2 Å². The number of hydrogen-bond acceptors (Lipinski definition) is 6. The second-order valence-corrected chi connectivity index (χ2v) is 6.83. The van der Waals surface area contributed by atoms with Crippen LogP contribution >= 0.6 is 0 Å². The van der Waals surface area contributed by atoms with Crippen LogP contribution in [0.3, 0.4) is 0 Å². The minimum Gasteiger partial charge on any atom is -0.376 e. The van der Waals surface area contributed by atoms with E-state index in [1.807, 2.05) is 0 Å². The molecule has 9 nitrogen and oxygen atoms in total. The Labute approximate surface area is 165 Å². The number of imide groups is 1. The van der Waals surface area contributed by atoms with Crippen LogP contribution in [-0.2, 0) is 4.74 Å². The van der Waals surface area contributed by atoms with Crippen molar-refractivity contribution in [2.45, 2.75) is 18.9 Å². The summed E-state index contributed by atoms with van der Waals surface area (Å²) in [5.74, 6) is -1.58. The number of amides is 3. The normalized spacial score (nSPS) is 18.1. The van der Waals surface area contributed by atoms with E-state index in [1.165, 1.54) is 36.4 Å². The molecule has 1 atom stereocenters. The number of ether oxygens (including phenoxy) is 1. The quantitative estimate of drug-likeness (QED) is 0.471. The van der Waals surface area contributed by atoms with Crippen LogP contribution in [0.25, 0.3) is 0 Å². The van der Waals surface area contributed by atoms with Gasteiger partial charge in [0.15, 0.2) is 0 Å². The van der Waals surface area contributed by atoms with Gasteiger partial charge in [0.25, 0.3) is 23.4 Å².